The second kappa shape index (κ2) is 5.15. The maximum Gasteiger partial charge on any atom is 0.205 e. The van der Waals surface area contributed by atoms with Crippen molar-refractivity contribution in [2.45, 2.75) is 5.92 Å². The first-order valence-electron chi connectivity index (χ1n) is 7.29. The van der Waals surface area contributed by atoms with E-state index in [1.807, 2.05) is 48.5 Å². The molecule has 4 heteroatoms. The third-order valence-electron chi connectivity index (χ3n) is 4.13. The first-order chi connectivity index (χ1) is 11.3. The number of hydrogen-bond donors (Lipinski definition) is 1. The summed E-state index contributed by atoms with van der Waals surface area (Å²) in [5.41, 5.74) is 8.31. The molecule has 0 fully saturated rings. The van der Waals surface area contributed by atoms with Gasteiger partial charge in [-0.1, -0.05) is 42.5 Å². The number of ether oxygens (including phenoxy) is 1. The van der Waals surface area contributed by atoms with Crippen LogP contribution in [0.15, 0.2) is 72.4 Å². The maximum atomic E-state index is 9.54. The molecule has 4 rings (SSSR count). The van der Waals surface area contributed by atoms with Crippen molar-refractivity contribution in [1.82, 2.24) is 4.98 Å². The predicted molar refractivity (Wildman–Crippen MR) is 87.5 cm³/mol. The molecule has 0 saturated carbocycles. The first-order valence-corrected chi connectivity index (χ1v) is 7.29. The van der Waals surface area contributed by atoms with Gasteiger partial charge in [0.15, 0.2) is 0 Å². The molecule has 2 aromatic carbocycles. The molecular formula is C19H13N3O. The number of pyridine rings is 1. The number of benzene rings is 2. The Morgan fingerprint density at radius 2 is 1.96 bits per heavy atom. The molecule has 0 radical (unpaired) electrons. The van der Waals surface area contributed by atoms with Crippen LogP contribution < -0.4 is 10.5 Å². The summed E-state index contributed by atoms with van der Waals surface area (Å²) in [6.45, 7) is 0. The fraction of sp³-hybridized carbons (Fsp3) is 0.0526. The van der Waals surface area contributed by atoms with Crippen molar-refractivity contribution < 1.29 is 4.74 Å². The third-order valence-corrected chi connectivity index (χ3v) is 4.13. The van der Waals surface area contributed by atoms with Gasteiger partial charge in [0, 0.05) is 23.3 Å². The van der Waals surface area contributed by atoms with Crippen LogP contribution in [-0.4, -0.2) is 4.98 Å². The minimum absolute atomic E-state index is 0.158. The Hall–Kier alpha value is -3.32. The Morgan fingerprint density at radius 3 is 2.74 bits per heavy atom. The number of nitriles is 1. The van der Waals surface area contributed by atoms with Crippen LogP contribution >= 0.6 is 0 Å². The van der Waals surface area contributed by atoms with Crippen molar-refractivity contribution in [3.05, 3.63) is 83.5 Å². The molecule has 0 unspecified atom stereocenters. The fourth-order valence-electron chi connectivity index (χ4n) is 3.08. The molecule has 0 bridgehead atoms. The maximum absolute atomic E-state index is 9.54. The van der Waals surface area contributed by atoms with Crippen molar-refractivity contribution in [2.24, 2.45) is 5.73 Å². The normalized spacial score (nSPS) is 16.6. The number of hydrogen-bond acceptors (Lipinski definition) is 4. The zero-order valence-electron chi connectivity index (χ0n) is 12.2. The lowest BCUT2D eigenvalue weighted by Gasteiger charge is -2.27. The van der Waals surface area contributed by atoms with Crippen LogP contribution in [0.5, 0.6) is 5.75 Å². The summed E-state index contributed by atoms with van der Waals surface area (Å²) in [7, 11) is 0. The highest BCUT2D eigenvalue weighted by molar-refractivity contribution is 5.90. The minimum Gasteiger partial charge on any atom is -0.440 e. The van der Waals surface area contributed by atoms with Gasteiger partial charge in [0.25, 0.3) is 0 Å². The molecule has 1 aliphatic heterocycles. The summed E-state index contributed by atoms with van der Waals surface area (Å²) in [5.74, 6) is 0.612. The molecule has 0 amide bonds. The van der Waals surface area contributed by atoms with E-state index < -0.39 is 0 Å². The van der Waals surface area contributed by atoms with E-state index >= 15 is 0 Å². The molecule has 1 aromatic heterocycles. The van der Waals surface area contributed by atoms with Gasteiger partial charge in [0.2, 0.25) is 5.88 Å². The summed E-state index contributed by atoms with van der Waals surface area (Å²) in [5, 5.41) is 11.6. The third kappa shape index (κ3) is 2.02. The average molecular weight is 299 g/mol. The van der Waals surface area contributed by atoms with Crippen LogP contribution in [0, 0.1) is 11.3 Å². The van der Waals surface area contributed by atoms with Crippen molar-refractivity contribution in [3.63, 3.8) is 0 Å². The van der Waals surface area contributed by atoms with Crippen LogP contribution in [0.2, 0.25) is 0 Å². The van der Waals surface area contributed by atoms with E-state index in [2.05, 4.69) is 11.1 Å². The van der Waals surface area contributed by atoms with Gasteiger partial charge in [-0.15, -0.1) is 0 Å². The number of fused-ring (bicyclic) bond motifs is 3. The molecule has 3 aromatic rings. The van der Waals surface area contributed by atoms with Crippen molar-refractivity contribution in [1.29, 1.82) is 5.26 Å². The molecule has 0 saturated heterocycles. The van der Waals surface area contributed by atoms with E-state index in [4.69, 9.17) is 10.5 Å². The lowest BCUT2D eigenvalue weighted by atomic mass is 9.83. The van der Waals surface area contributed by atoms with Gasteiger partial charge >= 0.3 is 0 Å². The lowest BCUT2D eigenvalue weighted by molar-refractivity contribution is 0.398. The molecule has 0 spiro atoms. The van der Waals surface area contributed by atoms with Crippen LogP contribution in [0.4, 0.5) is 0 Å². The fourth-order valence-corrected chi connectivity index (χ4v) is 3.08. The SMILES string of the molecule is N#CC1=C(N)Oc2c(ccc3ccccc23)[C@@H]1c1cccnc1. The van der Waals surface area contributed by atoms with Gasteiger partial charge < -0.3 is 10.5 Å². The van der Waals surface area contributed by atoms with Crippen molar-refractivity contribution in [3.8, 4) is 11.8 Å². The molecule has 23 heavy (non-hydrogen) atoms. The Morgan fingerprint density at radius 1 is 1.09 bits per heavy atom. The van der Waals surface area contributed by atoms with Gasteiger partial charge in [-0.2, -0.15) is 5.26 Å². The van der Waals surface area contributed by atoms with Gasteiger partial charge in [-0.05, 0) is 17.0 Å². The van der Waals surface area contributed by atoms with Crippen LogP contribution in [0.25, 0.3) is 10.8 Å². The van der Waals surface area contributed by atoms with E-state index in [1.165, 1.54) is 0 Å². The smallest absolute Gasteiger partial charge is 0.205 e. The lowest BCUT2D eigenvalue weighted by Crippen LogP contribution is -2.21. The molecule has 2 heterocycles. The molecule has 1 aliphatic rings. The highest BCUT2D eigenvalue weighted by Gasteiger charge is 2.31. The van der Waals surface area contributed by atoms with Crippen LogP contribution in [0.3, 0.4) is 0 Å². The summed E-state index contributed by atoms with van der Waals surface area (Å²) in [4.78, 5) is 4.18. The summed E-state index contributed by atoms with van der Waals surface area (Å²) >= 11 is 0. The highest BCUT2D eigenvalue weighted by Crippen LogP contribution is 2.44. The van der Waals surface area contributed by atoms with Gasteiger partial charge in [-0.25, -0.2) is 0 Å². The summed E-state index contributed by atoms with van der Waals surface area (Å²) in [6.07, 6.45) is 3.48. The molecule has 1 atom stereocenters. The van der Waals surface area contributed by atoms with Gasteiger partial charge in [0.05, 0.1) is 5.92 Å². The van der Waals surface area contributed by atoms with Gasteiger partial charge in [-0.3, -0.25) is 4.98 Å². The zero-order valence-corrected chi connectivity index (χ0v) is 12.2. The Balaban J connectivity index is 2.03. The standard InChI is InChI=1S/C19H13N3O/c20-10-16-17(13-5-3-9-22-11-13)15-8-7-12-4-1-2-6-14(12)18(15)23-19(16)21/h1-9,11,17H,21H2/t17-/m0/s1. The first kappa shape index (κ1) is 13.4. The zero-order chi connectivity index (χ0) is 15.8. The Kier molecular flexibility index (Phi) is 2.99. The molecule has 4 nitrogen and oxygen atoms in total. The van der Waals surface area contributed by atoms with E-state index in [0.29, 0.717) is 11.3 Å². The van der Waals surface area contributed by atoms with E-state index in [0.717, 1.165) is 21.9 Å². The summed E-state index contributed by atoms with van der Waals surface area (Å²) < 4.78 is 5.81. The van der Waals surface area contributed by atoms with Crippen molar-refractivity contribution >= 4 is 10.8 Å². The number of allylic oxidation sites excluding steroid dienone is 1. The van der Waals surface area contributed by atoms with Gasteiger partial charge in [0.1, 0.15) is 17.4 Å². The second-order valence-corrected chi connectivity index (χ2v) is 5.42. The van der Waals surface area contributed by atoms with E-state index in [9.17, 15) is 5.26 Å². The number of aromatic nitrogens is 1. The minimum atomic E-state index is -0.262. The highest BCUT2D eigenvalue weighted by atomic mass is 16.5. The number of rotatable bonds is 1. The monoisotopic (exact) mass is 299 g/mol. The Labute approximate surface area is 133 Å². The average Bonchev–Trinajstić information content (AvgIpc) is 2.61. The van der Waals surface area contributed by atoms with E-state index in [-0.39, 0.29) is 11.8 Å². The number of nitrogens with two attached hydrogens (primary N) is 1. The predicted octanol–water partition coefficient (Wildman–Crippen LogP) is 3.45. The quantitative estimate of drug-likeness (QED) is 0.747. The second-order valence-electron chi connectivity index (χ2n) is 5.42. The van der Waals surface area contributed by atoms with Crippen LogP contribution in [0.1, 0.15) is 17.0 Å². The molecular weight excluding hydrogens is 286 g/mol. The topological polar surface area (TPSA) is 71.9 Å². The largest absolute Gasteiger partial charge is 0.440 e. The number of nitrogens with zero attached hydrogens (tertiary/aromatic N) is 2. The van der Waals surface area contributed by atoms with Crippen LogP contribution in [-0.2, 0) is 0 Å². The summed E-state index contributed by atoms with van der Waals surface area (Å²) in [6, 6.07) is 18.0. The molecule has 0 aliphatic carbocycles. The van der Waals surface area contributed by atoms with E-state index in [1.54, 1.807) is 12.4 Å². The molecule has 2 N–H and O–H groups in total. The molecule has 110 valence electrons. The van der Waals surface area contributed by atoms with Crippen molar-refractivity contribution in [2.75, 3.05) is 0 Å². The Bertz CT molecular complexity index is 971.